The average Bonchev–Trinajstić information content (AvgIpc) is 2.69. The van der Waals surface area contributed by atoms with E-state index < -0.39 is 11.2 Å². The number of halogens is 3. The molecule has 0 radical (unpaired) electrons. The lowest BCUT2D eigenvalue weighted by atomic mass is 9.93. The normalized spacial score (nSPS) is 25.9. The summed E-state index contributed by atoms with van der Waals surface area (Å²) in [6.45, 7) is 0. The van der Waals surface area contributed by atoms with Crippen LogP contribution >= 0.6 is 11.3 Å². The molecule has 1 aromatic rings. The molecule has 96 valence electrons. The third-order valence-corrected chi connectivity index (χ3v) is 3.51. The smallest absolute Gasteiger partial charge is 0.445 e. The Morgan fingerprint density at radius 2 is 1.94 bits per heavy atom. The molecule has 0 aliphatic heterocycles. The highest BCUT2D eigenvalue weighted by molar-refractivity contribution is 7.13. The van der Waals surface area contributed by atoms with Crippen molar-refractivity contribution in [3.8, 4) is 5.19 Å². The maximum atomic E-state index is 12.3. The lowest BCUT2D eigenvalue weighted by Crippen LogP contribution is -2.41. The number of rotatable bonds is 2. The first-order valence-corrected chi connectivity index (χ1v) is 6.11. The average molecular weight is 267 g/mol. The molecule has 0 spiro atoms. The van der Waals surface area contributed by atoms with Crippen LogP contribution in [0.3, 0.4) is 0 Å². The monoisotopic (exact) mass is 267 g/mol. The fraction of sp³-hybridized carbons (Fsp3) is 0.778. The molecule has 17 heavy (non-hydrogen) atoms. The Balaban J connectivity index is 2.01. The van der Waals surface area contributed by atoms with Crippen LogP contribution in [0.25, 0.3) is 0 Å². The van der Waals surface area contributed by atoms with Gasteiger partial charge in [-0.2, -0.15) is 13.2 Å². The predicted molar refractivity (Wildman–Crippen MR) is 55.8 cm³/mol. The minimum Gasteiger partial charge on any atom is -0.464 e. The van der Waals surface area contributed by atoms with Crippen molar-refractivity contribution in [2.45, 2.75) is 44.0 Å². The van der Waals surface area contributed by atoms with E-state index in [2.05, 4.69) is 10.2 Å². The van der Waals surface area contributed by atoms with E-state index in [0.29, 0.717) is 11.3 Å². The Morgan fingerprint density at radius 3 is 2.53 bits per heavy atom. The van der Waals surface area contributed by atoms with Gasteiger partial charge in [-0.05, 0) is 19.3 Å². The first-order valence-electron chi connectivity index (χ1n) is 5.30. The highest BCUT2D eigenvalue weighted by atomic mass is 32.1. The number of aromatic nitrogens is 2. The van der Waals surface area contributed by atoms with Crippen molar-refractivity contribution in [3.63, 3.8) is 0 Å². The molecular formula is C9H12F3N3OS. The zero-order chi connectivity index (χ0) is 12.5. The molecule has 2 unspecified atom stereocenters. The number of nitrogens with two attached hydrogens (primary N) is 1. The zero-order valence-corrected chi connectivity index (χ0v) is 9.72. The van der Waals surface area contributed by atoms with E-state index in [1.54, 1.807) is 0 Å². The van der Waals surface area contributed by atoms with Crippen LogP contribution in [-0.4, -0.2) is 22.3 Å². The molecule has 2 rings (SSSR count). The molecule has 1 aliphatic carbocycles. The summed E-state index contributed by atoms with van der Waals surface area (Å²) in [6, 6.07) is -0.137. The van der Waals surface area contributed by atoms with Gasteiger partial charge >= 0.3 is 6.18 Å². The summed E-state index contributed by atoms with van der Waals surface area (Å²) in [6.07, 6.45) is -1.13. The van der Waals surface area contributed by atoms with Gasteiger partial charge in [-0.25, -0.2) is 0 Å². The standard InChI is InChI=1S/C9H12F3N3OS/c10-9(11,12)7-14-15-8(17-7)16-6-4-2-1-3-5(6)13/h5-6H,1-4,13H2. The van der Waals surface area contributed by atoms with E-state index in [1.165, 1.54) is 0 Å². The van der Waals surface area contributed by atoms with Gasteiger partial charge in [0.15, 0.2) is 0 Å². The minimum absolute atomic E-state index is 0.0559. The zero-order valence-electron chi connectivity index (χ0n) is 8.91. The fourth-order valence-corrected chi connectivity index (χ4v) is 2.39. The van der Waals surface area contributed by atoms with E-state index in [4.69, 9.17) is 10.5 Å². The van der Waals surface area contributed by atoms with Gasteiger partial charge in [0.2, 0.25) is 5.01 Å². The third kappa shape index (κ3) is 3.06. The number of alkyl halides is 3. The van der Waals surface area contributed by atoms with E-state index >= 15 is 0 Å². The maximum absolute atomic E-state index is 12.3. The Morgan fingerprint density at radius 1 is 1.24 bits per heavy atom. The second-order valence-corrected chi connectivity index (χ2v) is 4.92. The van der Waals surface area contributed by atoms with Gasteiger partial charge < -0.3 is 10.5 Å². The van der Waals surface area contributed by atoms with E-state index in [0.717, 1.165) is 25.7 Å². The second kappa shape index (κ2) is 4.77. The Kier molecular flexibility index (Phi) is 3.53. The fourth-order valence-electron chi connectivity index (χ4n) is 1.77. The summed E-state index contributed by atoms with van der Waals surface area (Å²) in [5.74, 6) is 0. The first-order chi connectivity index (χ1) is 7.97. The summed E-state index contributed by atoms with van der Waals surface area (Å²) < 4.78 is 42.2. The Hall–Kier alpha value is -0.890. The number of hydrogen-bond donors (Lipinski definition) is 1. The van der Waals surface area contributed by atoms with Crippen molar-refractivity contribution in [2.75, 3.05) is 0 Å². The molecule has 2 atom stereocenters. The van der Waals surface area contributed by atoms with Crippen molar-refractivity contribution in [3.05, 3.63) is 5.01 Å². The van der Waals surface area contributed by atoms with Gasteiger partial charge in [0, 0.05) is 6.04 Å². The molecule has 0 saturated heterocycles. The predicted octanol–water partition coefficient (Wildman–Crippen LogP) is 2.21. The maximum Gasteiger partial charge on any atom is 0.445 e. The van der Waals surface area contributed by atoms with Gasteiger partial charge in [-0.15, -0.1) is 5.10 Å². The van der Waals surface area contributed by atoms with Crippen LogP contribution in [0.2, 0.25) is 0 Å². The molecular weight excluding hydrogens is 255 g/mol. The van der Waals surface area contributed by atoms with Crippen LogP contribution < -0.4 is 10.5 Å². The van der Waals surface area contributed by atoms with Crippen LogP contribution in [0.4, 0.5) is 13.2 Å². The largest absolute Gasteiger partial charge is 0.464 e. The lowest BCUT2D eigenvalue weighted by Gasteiger charge is -2.27. The molecule has 4 nitrogen and oxygen atoms in total. The Labute approximate surface area is 100.0 Å². The van der Waals surface area contributed by atoms with E-state index in [-0.39, 0.29) is 17.3 Å². The minimum atomic E-state index is -4.46. The molecule has 0 aromatic carbocycles. The molecule has 1 fully saturated rings. The molecule has 1 heterocycles. The summed E-state index contributed by atoms with van der Waals surface area (Å²) >= 11 is 0.411. The quantitative estimate of drug-likeness (QED) is 0.892. The van der Waals surface area contributed by atoms with Crippen molar-refractivity contribution in [1.82, 2.24) is 10.2 Å². The molecule has 0 amide bonds. The lowest BCUT2D eigenvalue weighted by molar-refractivity contribution is -0.138. The number of hydrogen-bond acceptors (Lipinski definition) is 5. The van der Waals surface area contributed by atoms with Gasteiger partial charge in [0.1, 0.15) is 6.10 Å². The number of ether oxygens (including phenoxy) is 1. The highest BCUT2D eigenvalue weighted by Gasteiger charge is 2.36. The SMILES string of the molecule is NC1CCCCC1Oc1nnc(C(F)(F)F)s1. The summed E-state index contributed by atoms with van der Waals surface area (Å²) in [4.78, 5) is 0. The van der Waals surface area contributed by atoms with Crippen molar-refractivity contribution >= 4 is 11.3 Å². The van der Waals surface area contributed by atoms with E-state index in [1.807, 2.05) is 0 Å². The van der Waals surface area contributed by atoms with Crippen LogP contribution in [-0.2, 0) is 6.18 Å². The van der Waals surface area contributed by atoms with Crippen molar-refractivity contribution in [2.24, 2.45) is 5.73 Å². The molecule has 0 bridgehead atoms. The van der Waals surface area contributed by atoms with Crippen LogP contribution in [0.1, 0.15) is 30.7 Å². The van der Waals surface area contributed by atoms with Crippen LogP contribution in [0, 0.1) is 0 Å². The molecule has 8 heteroatoms. The van der Waals surface area contributed by atoms with Gasteiger partial charge in [0.05, 0.1) is 0 Å². The summed E-state index contributed by atoms with van der Waals surface area (Å²) in [5, 5.41) is 5.39. The van der Waals surface area contributed by atoms with Gasteiger partial charge in [0.25, 0.3) is 5.19 Å². The van der Waals surface area contributed by atoms with Crippen LogP contribution in [0.5, 0.6) is 5.19 Å². The first kappa shape index (κ1) is 12.6. The summed E-state index contributed by atoms with van der Waals surface area (Å²) in [7, 11) is 0. The Bertz CT molecular complexity index is 382. The van der Waals surface area contributed by atoms with Crippen LogP contribution in [0.15, 0.2) is 0 Å². The molecule has 1 saturated carbocycles. The summed E-state index contributed by atoms with van der Waals surface area (Å²) in [5.41, 5.74) is 5.83. The second-order valence-electron chi connectivity index (χ2n) is 3.98. The van der Waals surface area contributed by atoms with Gasteiger partial charge in [-0.1, -0.05) is 22.9 Å². The molecule has 1 aromatic heterocycles. The van der Waals surface area contributed by atoms with Crippen molar-refractivity contribution in [1.29, 1.82) is 0 Å². The van der Waals surface area contributed by atoms with Gasteiger partial charge in [-0.3, -0.25) is 0 Å². The van der Waals surface area contributed by atoms with Crippen molar-refractivity contribution < 1.29 is 17.9 Å². The molecule has 1 aliphatic rings. The topological polar surface area (TPSA) is 61.0 Å². The molecule has 2 N–H and O–H groups in total. The highest BCUT2D eigenvalue weighted by Crippen LogP contribution is 2.34. The third-order valence-electron chi connectivity index (χ3n) is 2.65. The number of nitrogens with zero attached hydrogens (tertiary/aromatic N) is 2. The van der Waals surface area contributed by atoms with E-state index in [9.17, 15) is 13.2 Å².